The molecule has 6 heterocycles. The van der Waals surface area contributed by atoms with Crippen LogP contribution < -0.4 is 16.0 Å². The van der Waals surface area contributed by atoms with Crippen molar-refractivity contribution < 1.29 is 163 Å². The zero-order chi connectivity index (χ0) is 60.3. The van der Waals surface area contributed by atoms with Gasteiger partial charge in [-0.05, 0) is 6.92 Å². The Labute approximate surface area is 459 Å². The van der Waals surface area contributed by atoms with Crippen molar-refractivity contribution in [1.29, 1.82) is 0 Å². The number of amides is 3. The fourth-order valence-corrected chi connectivity index (χ4v) is 10.3. The average Bonchev–Trinajstić information content (AvgIpc) is 3.62. The maximum Gasteiger partial charge on any atom is 0.364 e. The second-order valence-corrected chi connectivity index (χ2v) is 20.4. The normalized spacial score (nSPS) is 46.7. The summed E-state index contributed by atoms with van der Waals surface area (Å²) >= 11 is 0. The molecule has 31 atom stereocenters. The lowest BCUT2D eigenvalue weighted by Gasteiger charge is -2.51. The minimum Gasteiger partial charge on any atom is -0.477 e. The second-order valence-electron chi connectivity index (χ2n) is 20.4. The molecule has 0 spiro atoms. The number of carboxylic acids is 1. The van der Waals surface area contributed by atoms with E-state index in [1.807, 2.05) is 0 Å². The van der Waals surface area contributed by atoms with E-state index < -0.39 is 253 Å². The van der Waals surface area contributed by atoms with Gasteiger partial charge in [0.1, 0.15) is 134 Å². The Kier molecular flexibility index (Phi) is 23.4. The summed E-state index contributed by atoms with van der Waals surface area (Å²) in [6.07, 6.45) is -53.9. The predicted octanol–water partition coefficient (Wildman–Crippen LogP) is -13.4. The van der Waals surface area contributed by atoms with Gasteiger partial charge < -0.3 is 160 Å². The van der Waals surface area contributed by atoms with Crippen molar-refractivity contribution in [2.45, 2.75) is 224 Å². The number of aliphatic hydroxyl groups is 17. The largest absolute Gasteiger partial charge is 0.477 e. The highest BCUT2D eigenvalue weighted by atomic mass is 16.8. The highest BCUT2D eigenvalue weighted by Crippen LogP contribution is 2.39. The maximum atomic E-state index is 13.0. The molecule has 0 saturated carbocycles. The predicted molar refractivity (Wildman–Crippen MR) is 250 cm³/mol. The van der Waals surface area contributed by atoms with Gasteiger partial charge in [-0.15, -0.1) is 0 Å². The summed E-state index contributed by atoms with van der Waals surface area (Å²) in [5.41, 5.74) is 0. The van der Waals surface area contributed by atoms with Gasteiger partial charge in [0.15, 0.2) is 31.5 Å². The van der Waals surface area contributed by atoms with Gasteiger partial charge in [0.2, 0.25) is 17.7 Å². The van der Waals surface area contributed by atoms with Gasteiger partial charge in [0.05, 0.1) is 51.3 Å². The van der Waals surface area contributed by atoms with E-state index in [1.54, 1.807) is 0 Å². The third kappa shape index (κ3) is 14.7. The zero-order valence-electron chi connectivity index (χ0n) is 43.7. The summed E-state index contributed by atoms with van der Waals surface area (Å²) in [7, 11) is 0. The second kappa shape index (κ2) is 28.3. The van der Waals surface area contributed by atoms with Gasteiger partial charge in [0, 0.05) is 27.2 Å². The molecule has 0 radical (unpaired) electrons. The molecule has 3 amide bonds. The van der Waals surface area contributed by atoms with Crippen LogP contribution in [0.3, 0.4) is 0 Å². The van der Waals surface area contributed by atoms with E-state index in [0.29, 0.717) is 0 Å². The number of aliphatic carboxylic acids is 1. The molecule has 6 aliphatic rings. The third-order valence-corrected chi connectivity index (χ3v) is 14.6. The molecule has 468 valence electrons. The van der Waals surface area contributed by atoms with E-state index in [0.717, 1.165) is 20.8 Å². The molecule has 81 heavy (non-hydrogen) atoms. The van der Waals surface area contributed by atoms with Crippen LogP contribution >= 0.6 is 0 Å². The standard InChI is InChI=1S/C45H75N3O33/c1-11-24(58)30(64)32(66)41(72-11)79-38-31(65)26(60)17(7-50)75-43(38)77-34-19(9-52)76-40(22(29(34)63)47-13(3)54)71-10-20-28(62)35(23(39(68)73-20)48-14(4)55)78-42-33(67)37(27(61)18(8-51)74-42)81-45(44(69)70)5-15(56)21(46-12(2)53)36(80-45)25(59)16(57)6-49/h11,15-43,49-52,56-68H,5-10H2,1-4H3,(H,46,53)(H,47,54)(H,48,55)(H,69,70)/t11-,15-,16+,17+,18+,19+,20+,21+,22+,23+,24+,25+,26-,27-,28-,29+,30+,31-,32-,33+,34+,35+,36+,37-,38+,39?,40+,41-,42-,43-,45-/m0/s1. The zero-order valence-corrected chi connectivity index (χ0v) is 43.7. The van der Waals surface area contributed by atoms with Crippen molar-refractivity contribution in [3.8, 4) is 0 Å². The molecule has 0 aromatic carbocycles. The van der Waals surface area contributed by atoms with Crippen molar-refractivity contribution in [2.75, 3.05) is 33.0 Å². The Hall–Kier alpha value is -3.24. The first-order chi connectivity index (χ1) is 38.0. The summed E-state index contributed by atoms with van der Waals surface area (Å²) in [4.78, 5) is 50.2. The molecule has 0 aromatic heterocycles. The Bertz CT molecular complexity index is 2080. The smallest absolute Gasteiger partial charge is 0.364 e. The van der Waals surface area contributed by atoms with Gasteiger partial charge in [-0.3, -0.25) is 14.4 Å². The van der Waals surface area contributed by atoms with E-state index >= 15 is 0 Å². The van der Waals surface area contributed by atoms with Crippen molar-refractivity contribution in [2.24, 2.45) is 0 Å². The number of ether oxygens (including phenoxy) is 11. The Morgan fingerprint density at radius 3 is 1.63 bits per heavy atom. The van der Waals surface area contributed by atoms with E-state index in [9.17, 15) is 111 Å². The molecule has 6 saturated heterocycles. The number of hydrogen-bond donors (Lipinski definition) is 21. The molecule has 0 aliphatic carbocycles. The summed E-state index contributed by atoms with van der Waals surface area (Å²) in [5.74, 6) is -7.82. The van der Waals surface area contributed by atoms with Gasteiger partial charge in [0.25, 0.3) is 5.79 Å². The molecule has 21 N–H and O–H groups in total. The van der Waals surface area contributed by atoms with Gasteiger partial charge >= 0.3 is 5.97 Å². The lowest BCUT2D eigenvalue weighted by molar-refractivity contribution is -0.385. The number of rotatable bonds is 21. The third-order valence-electron chi connectivity index (χ3n) is 14.6. The van der Waals surface area contributed by atoms with E-state index in [4.69, 9.17) is 52.1 Å². The van der Waals surface area contributed by atoms with E-state index in [1.165, 1.54) is 6.92 Å². The van der Waals surface area contributed by atoms with Crippen molar-refractivity contribution >= 4 is 23.7 Å². The van der Waals surface area contributed by atoms with Crippen molar-refractivity contribution in [3.63, 3.8) is 0 Å². The maximum absolute atomic E-state index is 13.0. The van der Waals surface area contributed by atoms with Crippen LogP contribution in [0.25, 0.3) is 0 Å². The van der Waals surface area contributed by atoms with Crippen LogP contribution in [0.15, 0.2) is 0 Å². The molecule has 6 fully saturated rings. The lowest BCUT2D eigenvalue weighted by atomic mass is 9.88. The van der Waals surface area contributed by atoms with Crippen molar-refractivity contribution in [3.05, 3.63) is 0 Å². The van der Waals surface area contributed by atoms with Crippen LogP contribution in [0.2, 0.25) is 0 Å². The highest BCUT2D eigenvalue weighted by molar-refractivity contribution is 5.77. The number of nitrogens with one attached hydrogen (secondary N) is 3. The first-order valence-corrected chi connectivity index (χ1v) is 25.6. The van der Waals surface area contributed by atoms with Crippen LogP contribution in [0, 0.1) is 0 Å². The lowest BCUT2D eigenvalue weighted by Crippen LogP contribution is -2.71. The number of carbonyl (C=O) groups excluding carboxylic acids is 3. The quantitative estimate of drug-likeness (QED) is 0.0507. The van der Waals surface area contributed by atoms with Gasteiger partial charge in [-0.1, -0.05) is 0 Å². The summed E-state index contributed by atoms with van der Waals surface area (Å²) < 4.78 is 63.1. The first-order valence-electron chi connectivity index (χ1n) is 25.6. The Morgan fingerprint density at radius 2 is 1.05 bits per heavy atom. The molecule has 6 aliphatic heterocycles. The molecule has 36 nitrogen and oxygen atoms in total. The van der Waals surface area contributed by atoms with E-state index in [2.05, 4.69) is 16.0 Å². The summed E-state index contributed by atoms with van der Waals surface area (Å²) in [5, 5.41) is 201. The summed E-state index contributed by atoms with van der Waals surface area (Å²) in [6.45, 7) is -0.878. The molecule has 6 rings (SSSR count). The van der Waals surface area contributed by atoms with Crippen LogP contribution in [0.5, 0.6) is 0 Å². The molecule has 0 aromatic rings. The molecule has 36 heteroatoms. The first kappa shape index (κ1) is 66.9. The average molecular weight is 1190 g/mol. The van der Waals surface area contributed by atoms with Gasteiger partial charge in [-0.2, -0.15) is 0 Å². The molecular weight excluding hydrogens is 1110 g/mol. The minimum atomic E-state index is -3.20. The fourth-order valence-electron chi connectivity index (χ4n) is 10.3. The van der Waals surface area contributed by atoms with Crippen molar-refractivity contribution in [1.82, 2.24) is 16.0 Å². The monoisotopic (exact) mass is 1190 g/mol. The molecule has 0 bridgehead atoms. The summed E-state index contributed by atoms with van der Waals surface area (Å²) in [6, 6.07) is -5.20. The molecule has 1 unspecified atom stereocenters. The number of carbonyl (C=O) groups is 4. The number of carboxylic acid groups (broad SMARTS) is 1. The van der Waals surface area contributed by atoms with Crippen LogP contribution in [-0.4, -0.2) is 338 Å². The van der Waals surface area contributed by atoms with Crippen LogP contribution in [0.1, 0.15) is 34.1 Å². The Morgan fingerprint density at radius 1 is 0.531 bits per heavy atom. The van der Waals surface area contributed by atoms with Crippen LogP contribution in [-0.2, 0) is 71.3 Å². The SMILES string of the molecule is CC(=O)N[C@H]1[C@H](OC[C@H]2OC(O)[C@H](NC(C)=O)[C@@H](O[C@@H]3O[C@H](CO)[C@H](O)[C@H](O[C@]4(C(=O)O)C[C@H](O)[C@@H](NC(C)=O)[C@H]([C@H](O)[C@H](O)CO)O4)[C@H]3O)[C@H]2O)O[C@H](CO)[C@@H](O[C@@H]2O[C@H](CO)[C@H](O)[C@H](O)[C@H]2O[C@@H]2O[C@@H](C)[C@@H](O)[C@@H](O)[C@@H]2O)[C@@H]1O. The highest BCUT2D eigenvalue weighted by Gasteiger charge is 2.61. The minimum absolute atomic E-state index is 0.826. The van der Waals surface area contributed by atoms with Crippen LogP contribution in [0.4, 0.5) is 0 Å². The van der Waals surface area contributed by atoms with Gasteiger partial charge in [-0.25, -0.2) is 4.79 Å². The fraction of sp³-hybridized carbons (Fsp3) is 0.911. The number of hydrogen-bond acceptors (Lipinski definition) is 32. The molecular formula is C45H75N3O33. The topological polar surface area (TPSA) is 570 Å². The van der Waals surface area contributed by atoms with E-state index in [-0.39, 0.29) is 0 Å². The Balaban J connectivity index is 1.23. The number of aliphatic hydroxyl groups excluding tert-OH is 17.